The Morgan fingerprint density at radius 3 is 3.00 bits per heavy atom. The van der Waals surface area contributed by atoms with Crippen molar-refractivity contribution >= 4 is 17.3 Å². The van der Waals surface area contributed by atoms with Gasteiger partial charge in [0.15, 0.2) is 0 Å². The van der Waals surface area contributed by atoms with Crippen molar-refractivity contribution in [1.29, 1.82) is 0 Å². The van der Waals surface area contributed by atoms with E-state index < -0.39 is 0 Å². The van der Waals surface area contributed by atoms with Crippen LogP contribution in [0.2, 0.25) is 0 Å². The summed E-state index contributed by atoms with van der Waals surface area (Å²) < 4.78 is 13.0. The number of anilines is 2. The average molecular weight is 223 g/mol. The molecule has 0 saturated carbocycles. The van der Waals surface area contributed by atoms with Crippen LogP contribution in [-0.2, 0) is 4.79 Å². The zero-order chi connectivity index (χ0) is 11.7. The van der Waals surface area contributed by atoms with Crippen molar-refractivity contribution in [2.75, 3.05) is 23.8 Å². The zero-order valence-corrected chi connectivity index (χ0v) is 9.03. The van der Waals surface area contributed by atoms with Crippen LogP contribution in [0, 0.1) is 5.82 Å². The van der Waals surface area contributed by atoms with Crippen LogP contribution in [0.4, 0.5) is 15.8 Å². The molecule has 1 heterocycles. The minimum absolute atomic E-state index is 0.133. The van der Waals surface area contributed by atoms with Crippen molar-refractivity contribution in [1.82, 2.24) is 0 Å². The number of fused-ring (bicyclic) bond motifs is 1. The van der Waals surface area contributed by atoms with Crippen LogP contribution < -0.4 is 16.0 Å². The van der Waals surface area contributed by atoms with Gasteiger partial charge in [-0.05, 0) is 31.2 Å². The predicted molar refractivity (Wildman–Crippen MR) is 60.9 cm³/mol. The second-order valence-corrected chi connectivity index (χ2v) is 3.85. The Morgan fingerprint density at radius 1 is 1.56 bits per heavy atom. The Balaban J connectivity index is 2.37. The number of benzene rings is 1. The molecule has 0 spiro atoms. The summed E-state index contributed by atoms with van der Waals surface area (Å²) >= 11 is 0. The lowest BCUT2D eigenvalue weighted by molar-refractivity contribution is -0.117. The molecular formula is C11H14FN3O. The largest absolute Gasteiger partial charge is 0.361 e. The highest BCUT2D eigenvalue weighted by Gasteiger charge is 2.29. The third kappa shape index (κ3) is 1.74. The molecule has 1 unspecified atom stereocenters. The second-order valence-electron chi connectivity index (χ2n) is 3.85. The number of hydrogen-bond acceptors (Lipinski definition) is 3. The standard InChI is InChI=1S/C11H14FN3O/c1-15-9-3-2-7(12)6-8(9)14-11(16)10(15)4-5-13/h2-3,6,10H,4-5,13H2,1H3,(H,14,16). The first-order valence-corrected chi connectivity index (χ1v) is 5.17. The summed E-state index contributed by atoms with van der Waals surface area (Å²) in [6, 6.07) is 4.09. The Kier molecular flexibility index (Phi) is 2.78. The molecule has 0 fully saturated rings. The van der Waals surface area contributed by atoms with Gasteiger partial charge in [-0.2, -0.15) is 0 Å². The molecule has 1 aliphatic heterocycles. The van der Waals surface area contributed by atoms with Crippen LogP contribution in [0.25, 0.3) is 0 Å². The summed E-state index contributed by atoms with van der Waals surface area (Å²) in [4.78, 5) is 13.6. The van der Waals surface area contributed by atoms with Crippen LogP contribution in [0.15, 0.2) is 18.2 Å². The third-order valence-corrected chi connectivity index (χ3v) is 2.81. The smallest absolute Gasteiger partial charge is 0.247 e. The highest BCUT2D eigenvalue weighted by molar-refractivity contribution is 6.03. The summed E-state index contributed by atoms with van der Waals surface area (Å²) in [5, 5.41) is 2.69. The molecule has 0 bridgehead atoms. The molecule has 5 heteroatoms. The van der Waals surface area contributed by atoms with Gasteiger partial charge in [0.05, 0.1) is 11.4 Å². The number of nitrogens with two attached hydrogens (primary N) is 1. The third-order valence-electron chi connectivity index (χ3n) is 2.81. The molecule has 1 aliphatic rings. The molecule has 1 aromatic rings. The van der Waals surface area contributed by atoms with E-state index in [2.05, 4.69) is 5.32 Å². The van der Waals surface area contributed by atoms with Crippen molar-refractivity contribution in [3.8, 4) is 0 Å². The van der Waals surface area contributed by atoms with Crippen molar-refractivity contribution in [3.05, 3.63) is 24.0 Å². The molecule has 0 saturated heterocycles. The van der Waals surface area contributed by atoms with E-state index in [4.69, 9.17) is 5.73 Å². The lowest BCUT2D eigenvalue weighted by Gasteiger charge is -2.35. The normalized spacial score (nSPS) is 19.3. The summed E-state index contributed by atoms with van der Waals surface area (Å²) in [7, 11) is 1.82. The fraction of sp³-hybridized carbons (Fsp3) is 0.364. The van der Waals surface area contributed by atoms with Gasteiger partial charge in [0.25, 0.3) is 0 Å². The number of rotatable bonds is 2. The number of halogens is 1. The van der Waals surface area contributed by atoms with Gasteiger partial charge in [-0.1, -0.05) is 0 Å². The maximum Gasteiger partial charge on any atom is 0.247 e. The zero-order valence-electron chi connectivity index (χ0n) is 9.03. The van der Waals surface area contributed by atoms with E-state index in [1.165, 1.54) is 12.1 Å². The summed E-state index contributed by atoms with van der Waals surface area (Å²) in [6.45, 7) is 0.443. The number of nitrogens with zero attached hydrogens (tertiary/aromatic N) is 1. The van der Waals surface area contributed by atoms with Crippen LogP contribution >= 0.6 is 0 Å². The van der Waals surface area contributed by atoms with E-state index in [0.29, 0.717) is 18.7 Å². The van der Waals surface area contributed by atoms with Crippen molar-refractivity contribution in [2.24, 2.45) is 5.73 Å². The number of hydrogen-bond donors (Lipinski definition) is 2. The van der Waals surface area contributed by atoms with E-state index in [1.54, 1.807) is 6.07 Å². The first-order valence-electron chi connectivity index (χ1n) is 5.17. The minimum Gasteiger partial charge on any atom is -0.361 e. The van der Waals surface area contributed by atoms with Crippen LogP contribution in [0.5, 0.6) is 0 Å². The number of carbonyl (C=O) groups is 1. The van der Waals surface area contributed by atoms with E-state index in [-0.39, 0.29) is 17.8 Å². The Morgan fingerprint density at radius 2 is 2.31 bits per heavy atom. The quantitative estimate of drug-likeness (QED) is 0.784. The highest BCUT2D eigenvalue weighted by Crippen LogP contribution is 2.32. The first-order chi connectivity index (χ1) is 7.63. The average Bonchev–Trinajstić information content (AvgIpc) is 2.23. The van der Waals surface area contributed by atoms with Gasteiger partial charge in [0.1, 0.15) is 11.9 Å². The molecule has 1 aromatic carbocycles. The fourth-order valence-electron chi connectivity index (χ4n) is 1.96. The van der Waals surface area contributed by atoms with E-state index in [9.17, 15) is 9.18 Å². The Hall–Kier alpha value is -1.62. The van der Waals surface area contributed by atoms with Crippen LogP contribution in [0.3, 0.4) is 0 Å². The number of nitrogens with one attached hydrogen (secondary N) is 1. The molecule has 1 atom stereocenters. The van der Waals surface area contributed by atoms with E-state index in [1.807, 2.05) is 11.9 Å². The van der Waals surface area contributed by atoms with Crippen molar-refractivity contribution in [2.45, 2.75) is 12.5 Å². The second kappa shape index (κ2) is 4.09. The molecule has 16 heavy (non-hydrogen) atoms. The van der Waals surface area contributed by atoms with E-state index in [0.717, 1.165) is 5.69 Å². The number of amides is 1. The van der Waals surface area contributed by atoms with Crippen LogP contribution in [0.1, 0.15) is 6.42 Å². The molecule has 2 rings (SSSR count). The molecule has 4 nitrogen and oxygen atoms in total. The van der Waals surface area contributed by atoms with E-state index >= 15 is 0 Å². The lowest BCUT2D eigenvalue weighted by Crippen LogP contribution is -2.47. The molecule has 86 valence electrons. The number of likely N-dealkylation sites (N-methyl/N-ethyl adjacent to an activating group) is 1. The molecule has 0 aliphatic carbocycles. The SMILES string of the molecule is CN1c2ccc(F)cc2NC(=O)C1CCN. The summed E-state index contributed by atoms with van der Waals surface area (Å²) in [5.41, 5.74) is 6.79. The van der Waals surface area contributed by atoms with Crippen molar-refractivity contribution in [3.63, 3.8) is 0 Å². The molecule has 1 amide bonds. The van der Waals surface area contributed by atoms with Gasteiger partial charge in [-0.3, -0.25) is 4.79 Å². The van der Waals surface area contributed by atoms with Crippen LogP contribution in [-0.4, -0.2) is 25.5 Å². The Labute approximate surface area is 93.2 Å². The monoisotopic (exact) mass is 223 g/mol. The molecule has 3 N–H and O–H groups in total. The predicted octanol–water partition coefficient (Wildman–Crippen LogP) is 0.931. The van der Waals surface area contributed by atoms with Gasteiger partial charge < -0.3 is 16.0 Å². The summed E-state index contributed by atoms with van der Waals surface area (Å²) in [6.07, 6.45) is 0.582. The Bertz CT molecular complexity index is 422. The maximum absolute atomic E-state index is 13.0. The maximum atomic E-state index is 13.0. The lowest BCUT2D eigenvalue weighted by atomic mass is 10.1. The number of carbonyl (C=O) groups excluding carboxylic acids is 1. The minimum atomic E-state index is -0.357. The summed E-state index contributed by atoms with van der Waals surface area (Å²) in [5.74, 6) is -0.490. The first kappa shape index (κ1) is 10.9. The molecule has 0 radical (unpaired) electrons. The molecule has 0 aromatic heterocycles. The van der Waals surface area contributed by atoms with Gasteiger partial charge in [-0.25, -0.2) is 4.39 Å². The van der Waals surface area contributed by atoms with Gasteiger partial charge in [0.2, 0.25) is 5.91 Å². The van der Waals surface area contributed by atoms with Gasteiger partial charge >= 0.3 is 0 Å². The fourth-order valence-corrected chi connectivity index (χ4v) is 1.96. The molecular weight excluding hydrogens is 209 g/mol. The highest BCUT2D eigenvalue weighted by atomic mass is 19.1. The van der Waals surface area contributed by atoms with Crippen molar-refractivity contribution < 1.29 is 9.18 Å². The van der Waals surface area contributed by atoms with Gasteiger partial charge in [-0.15, -0.1) is 0 Å². The van der Waals surface area contributed by atoms with Gasteiger partial charge in [0, 0.05) is 7.05 Å². The topological polar surface area (TPSA) is 58.4 Å².